The van der Waals surface area contributed by atoms with Gasteiger partial charge < -0.3 is 15.2 Å². The number of hydrogen-bond acceptors (Lipinski definition) is 3. The lowest BCUT2D eigenvalue weighted by Gasteiger charge is -2.09. The third-order valence-corrected chi connectivity index (χ3v) is 3.01. The van der Waals surface area contributed by atoms with E-state index in [0.29, 0.717) is 22.6 Å². The number of para-hydroxylation sites is 2. The lowest BCUT2D eigenvalue weighted by atomic mass is 10.1. The summed E-state index contributed by atoms with van der Waals surface area (Å²) >= 11 is 0. The first-order valence-electron chi connectivity index (χ1n) is 6.81. The highest BCUT2D eigenvalue weighted by molar-refractivity contribution is 5.90. The van der Waals surface area contributed by atoms with Crippen LogP contribution >= 0.6 is 0 Å². The summed E-state index contributed by atoms with van der Waals surface area (Å²) in [6, 6.07) is 14.4. The van der Waals surface area contributed by atoms with Gasteiger partial charge in [0.05, 0.1) is 12.8 Å². The molecule has 0 saturated heterocycles. The van der Waals surface area contributed by atoms with Crippen molar-refractivity contribution in [1.29, 1.82) is 0 Å². The molecule has 0 fully saturated rings. The van der Waals surface area contributed by atoms with E-state index in [1.54, 1.807) is 31.4 Å². The van der Waals surface area contributed by atoms with Crippen LogP contribution in [0.5, 0.6) is 5.75 Å². The summed E-state index contributed by atoms with van der Waals surface area (Å²) in [5, 5.41) is 12.9. The molecule has 2 N–H and O–H groups in total. The molecule has 0 spiro atoms. The van der Waals surface area contributed by atoms with E-state index in [-0.39, 0.29) is 5.91 Å². The Morgan fingerprint density at radius 3 is 2.59 bits per heavy atom. The highest BCUT2D eigenvalue weighted by Gasteiger charge is 2.09. The number of amides is 1. The van der Waals surface area contributed by atoms with Crippen LogP contribution in [0.2, 0.25) is 0 Å². The molecule has 0 aliphatic carbocycles. The predicted molar refractivity (Wildman–Crippen MR) is 85.6 cm³/mol. The van der Waals surface area contributed by atoms with Crippen molar-refractivity contribution in [1.82, 2.24) is 0 Å². The third kappa shape index (κ3) is 3.87. The molecule has 4 heteroatoms. The number of anilines is 1. The number of aliphatic hydroxyl groups excluding tert-OH is 1. The van der Waals surface area contributed by atoms with Gasteiger partial charge >= 0.3 is 0 Å². The number of aliphatic hydroxyl groups is 1. The molecule has 0 aliphatic rings. The SMILES string of the molecule is COc1ccccc1C(O)C#Cc1ccccc1NC(C)=O. The van der Waals surface area contributed by atoms with Gasteiger partial charge in [-0.25, -0.2) is 0 Å². The fourth-order valence-electron chi connectivity index (χ4n) is 2.01. The van der Waals surface area contributed by atoms with Crippen LogP contribution in [0.3, 0.4) is 0 Å². The zero-order valence-corrected chi connectivity index (χ0v) is 12.5. The van der Waals surface area contributed by atoms with Crippen LogP contribution in [0.4, 0.5) is 5.69 Å². The summed E-state index contributed by atoms with van der Waals surface area (Å²) in [5.41, 5.74) is 1.87. The minimum absolute atomic E-state index is 0.167. The van der Waals surface area contributed by atoms with Crippen molar-refractivity contribution in [2.75, 3.05) is 12.4 Å². The van der Waals surface area contributed by atoms with Crippen LogP contribution in [0.25, 0.3) is 0 Å². The fourth-order valence-corrected chi connectivity index (χ4v) is 2.01. The molecular formula is C18H17NO3. The van der Waals surface area contributed by atoms with Crippen LogP contribution in [-0.2, 0) is 4.79 Å². The number of benzene rings is 2. The van der Waals surface area contributed by atoms with E-state index in [0.717, 1.165) is 0 Å². The molecule has 0 saturated carbocycles. The second-order valence-electron chi connectivity index (χ2n) is 4.64. The maximum atomic E-state index is 11.2. The minimum atomic E-state index is -0.971. The van der Waals surface area contributed by atoms with Gasteiger partial charge in [0.1, 0.15) is 11.9 Å². The number of rotatable bonds is 3. The molecule has 1 amide bonds. The van der Waals surface area contributed by atoms with Crippen LogP contribution in [-0.4, -0.2) is 18.1 Å². The van der Waals surface area contributed by atoms with Gasteiger partial charge in [0.25, 0.3) is 0 Å². The topological polar surface area (TPSA) is 58.6 Å². The van der Waals surface area contributed by atoms with Gasteiger partial charge in [-0.3, -0.25) is 4.79 Å². The van der Waals surface area contributed by atoms with Crippen molar-refractivity contribution in [2.45, 2.75) is 13.0 Å². The Hall–Kier alpha value is -2.77. The number of carbonyl (C=O) groups excluding carboxylic acids is 1. The van der Waals surface area contributed by atoms with Gasteiger partial charge in [-0.05, 0) is 18.2 Å². The average Bonchev–Trinajstić information content (AvgIpc) is 2.53. The van der Waals surface area contributed by atoms with E-state index in [1.165, 1.54) is 6.92 Å². The maximum Gasteiger partial charge on any atom is 0.221 e. The second-order valence-corrected chi connectivity index (χ2v) is 4.64. The monoisotopic (exact) mass is 295 g/mol. The van der Waals surface area contributed by atoms with Crippen molar-refractivity contribution in [3.8, 4) is 17.6 Å². The quantitative estimate of drug-likeness (QED) is 0.856. The van der Waals surface area contributed by atoms with Gasteiger partial charge in [0, 0.05) is 18.1 Å². The lowest BCUT2D eigenvalue weighted by molar-refractivity contribution is -0.114. The van der Waals surface area contributed by atoms with Gasteiger partial charge in [-0.2, -0.15) is 0 Å². The van der Waals surface area contributed by atoms with Crippen molar-refractivity contribution in [3.63, 3.8) is 0 Å². The smallest absolute Gasteiger partial charge is 0.221 e. The molecule has 0 heterocycles. The molecule has 2 aromatic rings. The molecular weight excluding hydrogens is 278 g/mol. The highest BCUT2D eigenvalue weighted by atomic mass is 16.5. The number of methoxy groups -OCH3 is 1. The molecule has 2 rings (SSSR count). The van der Waals surface area contributed by atoms with E-state index in [9.17, 15) is 9.90 Å². The first-order chi connectivity index (χ1) is 10.6. The van der Waals surface area contributed by atoms with E-state index in [2.05, 4.69) is 17.2 Å². The van der Waals surface area contributed by atoms with Gasteiger partial charge in [-0.1, -0.05) is 42.2 Å². The Kier molecular flexibility index (Phi) is 5.18. The van der Waals surface area contributed by atoms with Crippen LogP contribution in [0, 0.1) is 11.8 Å². The summed E-state index contributed by atoms with van der Waals surface area (Å²) in [7, 11) is 1.55. The summed E-state index contributed by atoms with van der Waals surface area (Å²) < 4.78 is 5.21. The first kappa shape index (κ1) is 15.6. The van der Waals surface area contributed by atoms with Crippen molar-refractivity contribution < 1.29 is 14.6 Å². The minimum Gasteiger partial charge on any atom is -0.496 e. The number of ether oxygens (including phenoxy) is 1. The van der Waals surface area contributed by atoms with Crippen LogP contribution < -0.4 is 10.1 Å². The summed E-state index contributed by atoms with van der Waals surface area (Å²) in [4.78, 5) is 11.2. The van der Waals surface area contributed by atoms with Gasteiger partial charge in [0.2, 0.25) is 5.91 Å². The van der Waals surface area contributed by atoms with E-state index < -0.39 is 6.10 Å². The average molecular weight is 295 g/mol. The van der Waals surface area contributed by atoms with Crippen molar-refractivity contribution >= 4 is 11.6 Å². The fraction of sp³-hybridized carbons (Fsp3) is 0.167. The Morgan fingerprint density at radius 1 is 1.18 bits per heavy atom. The summed E-state index contributed by atoms with van der Waals surface area (Å²) in [6.45, 7) is 1.44. The van der Waals surface area contributed by atoms with Crippen LogP contribution in [0.15, 0.2) is 48.5 Å². The Bertz CT molecular complexity index is 728. The molecule has 0 radical (unpaired) electrons. The number of nitrogens with one attached hydrogen (secondary N) is 1. The van der Waals surface area contributed by atoms with Crippen molar-refractivity contribution in [2.24, 2.45) is 0 Å². The summed E-state index contributed by atoms with van der Waals surface area (Å²) in [6.07, 6.45) is -0.971. The highest BCUT2D eigenvalue weighted by Crippen LogP contribution is 2.24. The standard InChI is InChI=1S/C18H17NO3/c1-13(20)19-16-9-5-3-7-14(16)11-12-17(21)15-8-4-6-10-18(15)22-2/h3-10,17,21H,1-2H3,(H,19,20). The third-order valence-electron chi connectivity index (χ3n) is 3.01. The van der Waals surface area contributed by atoms with Crippen LogP contribution in [0.1, 0.15) is 24.2 Å². The van der Waals surface area contributed by atoms with Crippen molar-refractivity contribution in [3.05, 3.63) is 59.7 Å². The molecule has 0 bridgehead atoms. The molecule has 112 valence electrons. The zero-order chi connectivity index (χ0) is 15.9. The molecule has 0 aromatic heterocycles. The molecule has 0 aliphatic heterocycles. The van der Waals surface area contributed by atoms with Gasteiger partial charge in [0.15, 0.2) is 0 Å². The number of carbonyl (C=O) groups is 1. The molecule has 4 nitrogen and oxygen atoms in total. The van der Waals surface area contributed by atoms with E-state index in [1.807, 2.05) is 24.3 Å². The summed E-state index contributed by atoms with van der Waals surface area (Å²) in [5.74, 6) is 6.09. The largest absolute Gasteiger partial charge is 0.496 e. The lowest BCUT2D eigenvalue weighted by Crippen LogP contribution is -2.07. The number of hydrogen-bond donors (Lipinski definition) is 2. The Labute approximate surface area is 129 Å². The Balaban J connectivity index is 2.28. The maximum absolute atomic E-state index is 11.2. The van der Waals surface area contributed by atoms with E-state index >= 15 is 0 Å². The molecule has 22 heavy (non-hydrogen) atoms. The van der Waals surface area contributed by atoms with Gasteiger partial charge in [-0.15, -0.1) is 0 Å². The predicted octanol–water partition coefficient (Wildman–Crippen LogP) is 2.74. The normalized spacial score (nSPS) is 11.0. The zero-order valence-electron chi connectivity index (χ0n) is 12.5. The molecule has 2 aromatic carbocycles. The second kappa shape index (κ2) is 7.30. The van der Waals surface area contributed by atoms with E-state index in [4.69, 9.17) is 4.74 Å². The molecule has 1 atom stereocenters. The molecule has 1 unspecified atom stereocenters. The first-order valence-corrected chi connectivity index (χ1v) is 6.81. The Morgan fingerprint density at radius 2 is 1.86 bits per heavy atom.